The second-order valence-electron chi connectivity index (χ2n) is 6.12. The number of hydrogen-bond donors (Lipinski definition) is 0. The van der Waals surface area contributed by atoms with Crippen LogP contribution in [0.4, 0.5) is 4.39 Å². The van der Waals surface area contributed by atoms with E-state index in [0.717, 1.165) is 11.1 Å². The molecule has 2 rings (SSSR count). The van der Waals surface area contributed by atoms with Crippen molar-refractivity contribution >= 4 is 18.4 Å². The molecular weight excluding hydrogens is 335 g/mol. The van der Waals surface area contributed by atoms with E-state index < -0.39 is 6.67 Å². The van der Waals surface area contributed by atoms with Gasteiger partial charge in [-0.15, -0.1) is 0 Å². The minimum atomic E-state index is -0.546. The van der Waals surface area contributed by atoms with Gasteiger partial charge in [0.1, 0.15) is 19.0 Å². The average molecular weight is 358 g/mol. The van der Waals surface area contributed by atoms with Crippen molar-refractivity contribution in [3.8, 4) is 5.75 Å². The maximum atomic E-state index is 12.8. The molecule has 1 aromatic rings. The fourth-order valence-electron chi connectivity index (χ4n) is 2.95. The van der Waals surface area contributed by atoms with Crippen LogP contribution in [0.25, 0.3) is 0 Å². The number of aliphatic imine (C=N–C) groups is 1. The van der Waals surface area contributed by atoms with Crippen LogP contribution in [0.5, 0.6) is 5.75 Å². The zero-order chi connectivity index (χ0) is 19.3. The Balaban J connectivity index is 2.25. The number of carbonyl (C=O) groups excluding carboxylic acids is 2. The summed E-state index contributed by atoms with van der Waals surface area (Å²) in [7, 11) is 0. The Morgan fingerprint density at radius 1 is 1.50 bits per heavy atom. The molecule has 1 aromatic carbocycles. The number of ketones is 1. The summed E-state index contributed by atoms with van der Waals surface area (Å²) in [4.78, 5) is 29.9. The van der Waals surface area contributed by atoms with Crippen molar-refractivity contribution in [1.29, 1.82) is 0 Å². The van der Waals surface area contributed by atoms with Gasteiger partial charge in [0, 0.05) is 17.3 Å². The number of nitrogens with zero attached hydrogens (tertiary/aromatic N) is 2. The van der Waals surface area contributed by atoms with Gasteiger partial charge in [0.15, 0.2) is 5.78 Å². The Morgan fingerprint density at radius 2 is 2.23 bits per heavy atom. The number of halogens is 1. The van der Waals surface area contributed by atoms with Gasteiger partial charge in [-0.2, -0.15) is 0 Å². The molecule has 1 atom stereocenters. The zero-order valence-corrected chi connectivity index (χ0v) is 15.3. The molecule has 0 N–H and O–H groups in total. The fourth-order valence-corrected chi connectivity index (χ4v) is 2.95. The van der Waals surface area contributed by atoms with Crippen LogP contribution in [0.1, 0.15) is 31.0 Å². The monoisotopic (exact) mass is 358 g/mol. The maximum Gasteiger partial charge on any atom is 0.255 e. The van der Waals surface area contributed by atoms with Crippen LogP contribution in [-0.2, 0) is 9.59 Å². The molecule has 0 aliphatic carbocycles. The first-order valence-corrected chi connectivity index (χ1v) is 8.37. The highest BCUT2D eigenvalue weighted by atomic mass is 19.1. The molecule has 0 saturated heterocycles. The van der Waals surface area contributed by atoms with Crippen LogP contribution in [-0.4, -0.2) is 43.1 Å². The molecule has 0 spiro atoms. The van der Waals surface area contributed by atoms with Crippen molar-refractivity contribution in [1.82, 2.24) is 4.90 Å². The van der Waals surface area contributed by atoms with Gasteiger partial charge in [-0.05, 0) is 50.8 Å². The molecule has 0 aromatic heterocycles. The van der Waals surface area contributed by atoms with Gasteiger partial charge in [0.05, 0.1) is 12.6 Å². The SMILES string of the molecule is C=N/C=C\C1=C(C(C)=O)CN(C(C)c2ccc(OCCF)c(C)c2)C1=O. The Labute approximate surface area is 152 Å². The normalized spacial score (nSPS) is 15.7. The first-order valence-electron chi connectivity index (χ1n) is 8.37. The number of rotatable bonds is 8. The summed E-state index contributed by atoms with van der Waals surface area (Å²) in [5.74, 6) is 0.274. The van der Waals surface area contributed by atoms with Crippen LogP contribution in [0.15, 0.2) is 46.6 Å². The quantitative estimate of drug-likeness (QED) is 0.670. The number of aryl methyl sites for hydroxylation is 1. The fraction of sp³-hybridized carbons (Fsp3) is 0.350. The van der Waals surface area contributed by atoms with Crippen LogP contribution in [0.3, 0.4) is 0 Å². The minimum Gasteiger partial charge on any atom is -0.491 e. The molecule has 0 saturated carbocycles. The summed E-state index contributed by atoms with van der Waals surface area (Å²) in [6, 6.07) is 5.32. The Morgan fingerprint density at radius 3 is 2.81 bits per heavy atom. The van der Waals surface area contributed by atoms with Gasteiger partial charge in [-0.1, -0.05) is 12.1 Å². The number of hydrogen-bond acceptors (Lipinski definition) is 4. The van der Waals surface area contributed by atoms with Crippen LogP contribution >= 0.6 is 0 Å². The lowest BCUT2D eigenvalue weighted by molar-refractivity contribution is -0.127. The Hall–Kier alpha value is -2.76. The number of ether oxygens (including phenoxy) is 1. The third-order valence-corrected chi connectivity index (χ3v) is 4.40. The number of alkyl halides is 1. The van der Waals surface area contributed by atoms with Crippen molar-refractivity contribution in [3.63, 3.8) is 0 Å². The topological polar surface area (TPSA) is 59.0 Å². The van der Waals surface area contributed by atoms with Gasteiger partial charge in [-0.25, -0.2) is 4.39 Å². The molecule has 0 fully saturated rings. The lowest BCUT2D eigenvalue weighted by atomic mass is 10.0. The third kappa shape index (κ3) is 4.07. The predicted octanol–water partition coefficient (Wildman–Crippen LogP) is 3.35. The standard InChI is InChI=1S/C20H23FN2O3/c1-13-11-16(5-6-19(13)26-10-8-21)14(2)23-12-18(15(3)24)17(20(23)25)7-9-22-4/h5-7,9,11,14H,4,8,10,12H2,1-3H3/b9-7-. The molecule has 0 radical (unpaired) electrons. The molecule has 0 bridgehead atoms. The Bertz CT molecular complexity index is 783. The average Bonchev–Trinajstić information content (AvgIpc) is 2.95. The summed E-state index contributed by atoms with van der Waals surface area (Å²) in [5.41, 5.74) is 2.61. The smallest absolute Gasteiger partial charge is 0.255 e. The third-order valence-electron chi connectivity index (χ3n) is 4.40. The van der Waals surface area contributed by atoms with E-state index in [0.29, 0.717) is 16.9 Å². The molecule has 1 amide bonds. The summed E-state index contributed by atoms with van der Waals surface area (Å²) in [6.45, 7) is 8.31. The van der Waals surface area contributed by atoms with E-state index in [1.165, 1.54) is 19.2 Å². The van der Waals surface area contributed by atoms with Crippen molar-refractivity contribution in [2.45, 2.75) is 26.8 Å². The van der Waals surface area contributed by atoms with E-state index in [4.69, 9.17) is 4.74 Å². The highest BCUT2D eigenvalue weighted by Crippen LogP contribution is 2.32. The molecule has 138 valence electrons. The summed E-state index contributed by atoms with van der Waals surface area (Å²) < 4.78 is 17.6. The second kappa shape index (κ2) is 8.56. The molecule has 1 aliphatic heterocycles. The number of carbonyl (C=O) groups is 2. The van der Waals surface area contributed by atoms with Gasteiger partial charge in [0.25, 0.3) is 5.91 Å². The molecule has 1 aliphatic rings. The molecule has 1 heterocycles. The van der Waals surface area contributed by atoms with E-state index in [1.807, 2.05) is 26.0 Å². The lowest BCUT2D eigenvalue weighted by Crippen LogP contribution is -2.30. The summed E-state index contributed by atoms with van der Waals surface area (Å²) in [5, 5.41) is 0. The highest BCUT2D eigenvalue weighted by molar-refractivity contribution is 6.10. The van der Waals surface area contributed by atoms with Crippen molar-refractivity contribution in [3.05, 3.63) is 52.7 Å². The zero-order valence-electron chi connectivity index (χ0n) is 15.3. The van der Waals surface area contributed by atoms with Gasteiger partial charge < -0.3 is 9.64 Å². The molecule has 6 heteroatoms. The van der Waals surface area contributed by atoms with Gasteiger partial charge in [0.2, 0.25) is 0 Å². The first kappa shape index (κ1) is 19.6. The number of amides is 1. The maximum absolute atomic E-state index is 12.8. The number of benzene rings is 1. The molecule has 26 heavy (non-hydrogen) atoms. The lowest BCUT2D eigenvalue weighted by Gasteiger charge is -2.26. The Kier molecular flexibility index (Phi) is 6.44. The van der Waals surface area contributed by atoms with E-state index in [1.54, 1.807) is 11.0 Å². The van der Waals surface area contributed by atoms with Crippen molar-refractivity contribution in [2.24, 2.45) is 4.99 Å². The van der Waals surface area contributed by atoms with Crippen LogP contribution < -0.4 is 4.74 Å². The predicted molar refractivity (Wildman–Crippen MR) is 99.2 cm³/mol. The summed E-state index contributed by atoms with van der Waals surface area (Å²) >= 11 is 0. The van der Waals surface area contributed by atoms with Crippen LogP contribution in [0, 0.1) is 6.92 Å². The highest BCUT2D eigenvalue weighted by Gasteiger charge is 2.34. The molecular formula is C20H23FN2O3. The van der Waals surface area contributed by atoms with E-state index >= 15 is 0 Å². The number of Topliss-reactive ketones (excluding diaryl/α,β-unsaturated/α-hetero) is 1. The molecule has 5 nitrogen and oxygen atoms in total. The minimum absolute atomic E-state index is 0.0132. The first-order chi connectivity index (χ1) is 12.4. The van der Waals surface area contributed by atoms with Crippen molar-refractivity contribution < 1.29 is 18.7 Å². The van der Waals surface area contributed by atoms with Crippen molar-refractivity contribution in [2.75, 3.05) is 19.8 Å². The summed E-state index contributed by atoms with van der Waals surface area (Å²) in [6.07, 6.45) is 2.93. The van der Waals surface area contributed by atoms with Crippen LogP contribution in [0.2, 0.25) is 0 Å². The van der Waals surface area contributed by atoms with E-state index in [9.17, 15) is 14.0 Å². The van der Waals surface area contributed by atoms with Gasteiger partial charge in [-0.3, -0.25) is 14.6 Å². The largest absolute Gasteiger partial charge is 0.491 e. The van der Waals surface area contributed by atoms with E-state index in [2.05, 4.69) is 11.7 Å². The second-order valence-corrected chi connectivity index (χ2v) is 6.12. The van der Waals surface area contributed by atoms with E-state index in [-0.39, 0.29) is 30.9 Å². The van der Waals surface area contributed by atoms with Gasteiger partial charge >= 0.3 is 0 Å². The molecule has 1 unspecified atom stereocenters.